The monoisotopic (exact) mass is 411 g/mol. The molecule has 1 heterocycles. The molecular formula is C24H29NO5. The van der Waals surface area contributed by atoms with Gasteiger partial charge in [-0.1, -0.05) is 12.5 Å². The van der Waals surface area contributed by atoms with Crippen LogP contribution in [0.2, 0.25) is 0 Å². The summed E-state index contributed by atoms with van der Waals surface area (Å²) in [5.41, 5.74) is 1.81. The molecular weight excluding hydrogens is 382 g/mol. The summed E-state index contributed by atoms with van der Waals surface area (Å²) in [7, 11) is 1.60. The number of carbonyl (C=O) groups excluding carboxylic acids is 2. The van der Waals surface area contributed by atoms with E-state index in [0.717, 1.165) is 48.5 Å². The number of Topliss-reactive ketones (excluding diaryl/α,β-unsaturated/α-hetero) is 1. The number of ether oxygens (including phenoxy) is 3. The van der Waals surface area contributed by atoms with Crippen LogP contribution >= 0.6 is 0 Å². The number of benzene rings is 2. The van der Waals surface area contributed by atoms with E-state index in [2.05, 4.69) is 5.32 Å². The van der Waals surface area contributed by atoms with E-state index in [0.29, 0.717) is 38.2 Å². The maximum atomic E-state index is 12.2. The van der Waals surface area contributed by atoms with Gasteiger partial charge in [0.25, 0.3) is 0 Å². The molecule has 2 aromatic carbocycles. The molecule has 1 N–H and O–H groups in total. The number of nitrogens with one attached hydrogen (secondary N) is 1. The fraction of sp³-hybridized carbons (Fsp3) is 0.417. The fourth-order valence-electron chi connectivity index (χ4n) is 3.35. The lowest BCUT2D eigenvalue weighted by Crippen LogP contribution is -2.25. The summed E-state index contributed by atoms with van der Waals surface area (Å²) in [6, 6.07) is 13.1. The van der Waals surface area contributed by atoms with Gasteiger partial charge in [0.1, 0.15) is 19.0 Å². The predicted molar refractivity (Wildman–Crippen MR) is 115 cm³/mol. The van der Waals surface area contributed by atoms with Crippen LogP contribution in [0.15, 0.2) is 42.5 Å². The number of rotatable bonds is 11. The number of amides is 1. The van der Waals surface area contributed by atoms with Gasteiger partial charge in [-0.2, -0.15) is 0 Å². The van der Waals surface area contributed by atoms with Crippen LogP contribution in [0, 0.1) is 0 Å². The lowest BCUT2D eigenvalue weighted by molar-refractivity contribution is -0.121. The average Bonchev–Trinajstić information content (AvgIpc) is 2.78. The van der Waals surface area contributed by atoms with Crippen LogP contribution in [0.4, 0.5) is 0 Å². The van der Waals surface area contributed by atoms with Gasteiger partial charge in [-0.25, -0.2) is 0 Å². The van der Waals surface area contributed by atoms with Crippen LogP contribution in [0.1, 0.15) is 48.0 Å². The molecule has 0 aliphatic carbocycles. The molecule has 0 saturated heterocycles. The van der Waals surface area contributed by atoms with E-state index in [-0.39, 0.29) is 11.7 Å². The van der Waals surface area contributed by atoms with Crippen LogP contribution in [0.5, 0.6) is 17.2 Å². The van der Waals surface area contributed by atoms with Gasteiger partial charge < -0.3 is 19.5 Å². The number of hydrogen-bond donors (Lipinski definition) is 1. The molecule has 0 unspecified atom stereocenters. The zero-order valence-electron chi connectivity index (χ0n) is 17.4. The Labute approximate surface area is 177 Å². The van der Waals surface area contributed by atoms with Crippen molar-refractivity contribution in [3.63, 3.8) is 0 Å². The topological polar surface area (TPSA) is 73.9 Å². The Morgan fingerprint density at radius 1 is 0.933 bits per heavy atom. The molecule has 0 radical (unpaired) electrons. The largest absolute Gasteiger partial charge is 0.497 e. The molecule has 6 nitrogen and oxygen atoms in total. The van der Waals surface area contributed by atoms with E-state index < -0.39 is 0 Å². The molecule has 0 saturated carbocycles. The van der Waals surface area contributed by atoms with Gasteiger partial charge in [0.05, 0.1) is 7.11 Å². The second kappa shape index (κ2) is 11.2. The highest BCUT2D eigenvalue weighted by Gasteiger charge is 2.12. The van der Waals surface area contributed by atoms with Crippen LogP contribution in [-0.2, 0) is 11.2 Å². The van der Waals surface area contributed by atoms with Gasteiger partial charge in [0.15, 0.2) is 17.3 Å². The van der Waals surface area contributed by atoms with E-state index in [1.165, 1.54) is 0 Å². The molecule has 6 heteroatoms. The van der Waals surface area contributed by atoms with E-state index in [9.17, 15) is 9.59 Å². The van der Waals surface area contributed by atoms with Crippen molar-refractivity contribution in [3.05, 3.63) is 53.6 Å². The highest BCUT2D eigenvalue weighted by atomic mass is 16.6. The van der Waals surface area contributed by atoms with Crippen molar-refractivity contribution < 1.29 is 23.8 Å². The molecule has 3 rings (SSSR count). The van der Waals surface area contributed by atoms with Crippen LogP contribution in [0.3, 0.4) is 0 Å². The van der Waals surface area contributed by atoms with Crippen molar-refractivity contribution in [1.29, 1.82) is 0 Å². The molecule has 0 atom stereocenters. The zero-order chi connectivity index (χ0) is 21.2. The van der Waals surface area contributed by atoms with E-state index in [4.69, 9.17) is 14.2 Å². The molecule has 1 aliphatic heterocycles. The molecule has 0 fully saturated rings. The third-order valence-electron chi connectivity index (χ3n) is 5.06. The number of hydrogen-bond acceptors (Lipinski definition) is 5. The minimum Gasteiger partial charge on any atom is -0.497 e. The van der Waals surface area contributed by atoms with Crippen molar-refractivity contribution >= 4 is 11.7 Å². The summed E-state index contributed by atoms with van der Waals surface area (Å²) in [5, 5.41) is 2.96. The Bertz CT molecular complexity index is 847. The highest BCUT2D eigenvalue weighted by molar-refractivity contribution is 5.96. The van der Waals surface area contributed by atoms with Gasteiger partial charge in [0, 0.05) is 24.9 Å². The van der Waals surface area contributed by atoms with Crippen LogP contribution in [-0.4, -0.2) is 38.6 Å². The van der Waals surface area contributed by atoms with E-state index in [1.807, 2.05) is 18.2 Å². The molecule has 1 aliphatic rings. The van der Waals surface area contributed by atoms with Gasteiger partial charge in [-0.15, -0.1) is 0 Å². The van der Waals surface area contributed by atoms with Gasteiger partial charge in [0.2, 0.25) is 5.91 Å². The zero-order valence-corrected chi connectivity index (χ0v) is 17.4. The van der Waals surface area contributed by atoms with Gasteiger partial charge in [-0.3, -0.25) is 9.59 Å². The van der Waals surface area contributed by atoms with Gasteiger partial charge >= 0.3 is 0 Å². The maximum Gasteiger partial charge on any atom is 0.220 e. The normalized spacial score (nSPS) is 12.3. The Morgan fingerprint density at radius 2 is 1.67 bits per heavy atom. The predicted octanol–water partition coefficient (Wildman–Crippen LogP) is 3.96. The minimum absolute atomic E-state index is 0.0500. The number of fused-ring (bicyclic) bond motifs is 1. The van der Waals surface area contributed by atoms with E-state index in [1.54, 1.807) is 31.4 Å². The van der Waals surface area contributed by atoms with Crippen molar-refractivity contribution in [2.24, 2.45) is 0 Å². The van der Waals surface area contributed by atoms with E-state index >= 15 is 0 Å². The molecule has 2 aromatic rings. The Morgan fingerprint density at radius 3 is 2.43 bits per heavy atom. The number of methoxy groups -OCH3 is 1. The molecule has 1 amide bonds. The molecule has 160 valence electrons. The van der Waals surface area contributed by atoms with Crippen molar-refractivity contribution in [3.8, 4) is 17.2 Å². The summed E-state index contributed by atoms with van der Waals surface area (Å²) < 4.78 is 16.2. The Hall–Kier alpha value is -3.02. The maximum absolute atomic E-state index is 12.2. The first-order valence-corrected chi connectivity index (χ1v) is 10.5. The van der Waals surface area contributed by atoms with Crippen LogP contribution < -0.4 is 19.5 Å². The van der Waals surface area contributed by atoms with Crippen molar-refractivity contribution in [2.75, 3.05) is 26.9 Å². The molecule has 30 heavy (non-hydrogen) atoms. The minimum atomic E-state index is 0.0500. The molecule has 0 aromatic heterocycles. The quantitative estimate of drug-likeness (QED) is 0.448. The fourth-order valence-corrected chi connectivity index (χ4v) is 3.35. The molecule has 0 spiro atoms. The summed E-state index contributed by atoms with van der Waals surface area (Å²) in [6.45, 7) is 1.74. The Balaban J connectivity index is 1.26. The van der Waals surface area contributed by atoms with Crippen LogP contribution in [0.25, 0.3) is 0 Å². The summed E-state index contributed by atoms with van der Waals surface area (Å²) >= 11 is 0. The molecule has 0 bridgehead atoms. The van der Waals surface area contributed by atoms with Gasteiger partial charge in [-0.05, 0) is 61.2 Å². The lowest BCUT2D eigenvalue weighted by Gasteiger charge is -2.18. The van der Waals surface area contributed by atoms with Crippen molar-refractivity contribution in [1.82, 2.24) is 5.32 Å². The first-order chi connectivity index (χ1) is 14.7. The SMILES string of the molecule is COc1ccc(C(=O)CCCCCC(=O)NCCc2ccc3c(c2)OCCO3)cc1. The first-order valence-electron chi connectivity index (χ1n) is 10.5. The summed E-state index contributed by atoms with van der Waals surface area (Å²) in [6.07, 6.45) is 4.16. The summed E-state index contributed by atoms with van der Waals surface area (Å²) in [4.78, 5) is 24.2. The standard InChI is InChI=1S/C24H29NO5/c1-28-20-10-8-19(9-11-20)21(26)5-3-2-4-6-24(27)25-14-13-18-7-12-22-23(17-18)30-16-15-29-22/h7-12,17H,2-6,13-16H2,1H3,(H,25,27). The number of unbranched alkanes of at least 4 members (excludes halogenated alkanes) is 2. The highest BCUT2D eigenvalue weighted by Crippen LogP contribution is 2.30. The first kappa shape index (κ1) is 21.7. The summed E-state index contributed by atoms with van der Waals surface area (Å²) in [5.74, 6) is 2.47. The lowest BCUT2D eigenvalue weighted by atomic mass is 10.0. The van der Waals surface area contributed by atoms with Crippen molar-refractivity contribution in [2.45, 2.75) is 38.5 Å². The number of ketones is 1. The second-order valence-electron chi connectivity index (χ2n) is 7.29. The Kier molecular flexibility index (Phi) is 8.12. The smallest absolute Gasteiger partial charge is 0.220 e. The number of carbonyl (C=O) groups is 2. The third-order valence-corrected chi connectivity index (χ3v) is 5.06. The second-order valence-corrected chi connectivity index (χ2v) is 7.29. The third kappa shape index (κ3) is 6.51. The average molecular weight is 411 g/mol.